The molecule has 3 nitrogen and oxygen atoms in total. The van der Waals surface area contributed by atoms with Gasteiger partial charge in [0.25, 0.3) is 0 Å². The molecule has 1 aromatic carbocycles. The lowest BCUT2D eigenvalue weighted by Crippen LogP contribution is -2.19. The van der Waals surface area contributed by atoms with Crippen LogP contribution in [0.1, 0.15) is 52.7 Å². The minimum atomic E-state index is -0.438. The predicted octanol–water partition coefficient (Wildman–Crippen LogP) is 3.51. The van der Waals surface area contributed by atoms with Gasteiger partial charge in [0.05, 0.1) is 7.11 Å². The van der Waals surface area contributed by atoms with E-state index in [2.05, 4.69) is 0 Å². The van der Waals surface area contributed by atoms with Crippen LogP contribution in [0.5, 0.6) is 17.2 Å². The molecule has 0 saturated carbocycles. The number of benzene rings is 1. The van der Waals surface area contributed by atoms with Crippen LogP contribution in [0.15, 0.2) is 6.07 Å². The Bertz CT molecular complexity index is 448. The Kier molecular flexibility index (Phi) is 3.57. The summed E-state index contributed by atoms with van der Waals surface area (Å²) < 4.78 is 5.30. The molecule has 0 atom stereocenters. The number of rotatable bonds is 1. The van der Waals surface area contributed by atoms with Crippen LogP contribution in [-0.2, 0) is 15.9 Å². The molecule has 0 aliphatic carbocycles. The monoisotopic (exact) mass is 250 g/mol. The smallest absolute Gasteiger partial charge is 0.175 e. The van der Waals surface area contributed by atoms with Crippen molar-refractivity contribution in [2.75, 3.05) is 7.11 Å². The first-order valence-electron chi connectivity index (χ1n) is 6.10. The summed E-state index contributed by atoms with van der Waals surface area (Å²) >= 11 is 0. The van der Waals surface area contributed by atoms with Crippen molar-refractivity contribution in [1.29, 1.82) is 0 Å². The Balaban J connectivity index is 3.66. The summed E-state index contributed by atoms with van der Waals surface area (Å²) in [6.07, 6.45) is 0. The molecule has 1 radical (unpaired) electrons. The Morgan fingerprint density at radius 2 is 1.56 bits per heavy atom. The zero-order valence-corrected chi connectivity index (χ0v) is 12.3. The van der Waals surface area contributed by atoms with Crippen LogP contribution in [0, 0.1) is 0 Å². The third-order valence-electron chi connectivity index (χ3n) is 2.98. The van der Waals surface area contributed by atoms with Crippen molar-refractivity contribution < 1.29 is 14.9 Å². The van der Waals surface area contributed by atoms with Gasteiger partial charge in [-0.05, 0) is 22.5 Å². The van der Waals surface area contributed by atoms with E-state index in [9.17, 15) is 10.2 Å². The summed E-state index contributed by atoms with van der Waals surface area (Å²) in [6.45, 7) is 11.5. The predicted molar refractivity (Wildman–Crippen MR) is 70.0 cm³/mol. The largest absolute Gasteiger partial charge is 0.870 e. The van der Waals surface area contributed by atoms with Gasteiger partial charge in [0.15, 0.2) is 5.75 Å². The van der Waals surface area contributed by atoms with E-state index >= 15 is 0 Å². The first-order chi connectivity index (χ1) is 8.00. The minimum absolute atomic E-state index is 0.361. The van der Waals surface area contributed by atoms with Crippen LogP contribution in [0.25, 0.3) is 0 Å². The van der Waals surface area contributed by atoms with E-state index in [-0.39, 0.29) is 5.41 Å². The van der Waals surface area contributed by atoms with Crippen molar-refractivity contribution in [2.45, 2.75) is 52.4 Å². The first-order valence-corrected chi connectivity index (χ1v) is 6.10. The number of hydrogen-bond acceptors (Lipinski definition) is 2. The van der Waals surface area contributed by atoms with Gasteiger partial charge in [-0.25, -0.2) is 0 Å². The molecule has 0 spiro atoms. The van der Waals surface area contributed by atoms with Crippen molar-refractivity contribution >= 4 is 0 Å². The molecule has 0 bridgehead atoms. The van der Waals surface area contributed by atoms with Gasteiger partial charge in [0.2, 0.25) is 0 Å². The molecule has 0 unspecified atom stereocenters. The Morgan fingerprint density at radius 1 is 1.06 bits per heavy atom. The molecule has 0 fully saturated rings. The molecule has 0 saturated heterocycles. The summed E-state index contributed by atoms with van der Waals surface area (Å²) in [4.78, 5) is 0. The molecule has 0 heterocycles. The molecule has 18 heavy (non-hydrogen) atoms. The molecule has 0 aliphatic rings. The lowest BCUT2D eigenvalue weighted by Gasteiger charge is -2.31. The van der Waals surface area contributed by atoms with Gasteiger partial charge in [0.1, 0.15) is 5.75 Å². The maximum Gasteiger partial charge on any atom is 0.175 e. The maximum absolute atomic E-state index is 12.3. The highest BCUT2D eigenvalue weighted by Crippen LogP contribution is 2.47. The van der Waals surface area contributed by atoms with Gasteiger partial charge in [-0.15, -0.1) is 0 Å². The fourth-order valence-corrected chi connectivity index (χ4v) is 2.04. The third kappa shape index (κ3) is 2.55. The molecule has 0 aliphatic heterocycles. The van der Waals surface area contributed by atoms with Gasteiger partial charge in [0, 0.05) is 5.56 Å². The molecule has 0 N–H and O–H groups in total. The maximum atomic E-state index is 12.3. The second-order valence-electron chi connectivity index (χ2n) is 6.66. The lowest BCUT2D eigenvalue weighted by atomic mass is 9.80. The molecule has 101 valence electrons. The Labute approximate surface area is 109 Å². The molecular weight excluding hydrogens is 228 g/mol. The number of hydrogen-bond donors (Lipinski definition) is 0. The van der Waals surface area contributed by atoms with E-state index < -0.39 is 16.9 Å². The Morgan fingerprint density at radius 3 is 1.89 bits per heavy atom. The zero-order valence-electron chi connectivity index (χ0n) is 12.3. The Hall–Kier alpha value is -1.38. The van der Waals surface area contributed by atoms with Crippen LogP contribution in [0.2, 0.25) is 0 Å². The normalized spacial score (nSPS) is 12.6. The minimum Gasteiger partial charge on any atom is -0.870 e. The molecule has 1 rings (SSSR count). The quantitative estimate of drug-likeness (QED) is 0.765. The van der Waals surface area contributed by atoms with Crippen molar-refractivity contribution in [3.63, 3.8) is 0 Å². The highest BCUT2D eigenvalue weighted by atomic mass is 16.5. The van der Waals surface area contributed by atoms with E-state index in [0.29, 0.717) is 16.9 Å². The summed E-state index contributed by atoms with van der Waals surface area (Å²) in [7, 11) is 1.53. The highest BCUT2D eigenvalue weighted by molar-refractivity contribution is 5.60. The van der Waals surface area contributed by atoms with Gasteiger partial charge < -0.3 is 9.84 Å². The van der Waals surface area contributed by atoms with Crippen LogP contribution in [0.4, 0.5) is 0 Å². The average molecular weight is 250 g/mol. The summed E-state index contributed by atoms with van der Waals surface area (Å²) in [6, 6.07) is 1.71. The number of ether oxygens (including phenoxy) is 1. The second-order valence-corrected chi connectivity index (χ2v) is 6.66. The van der Waals surface area contributed by atoms with Crippen LogP contribution < -0.4 is 9.84 Å². The molecule has 0 amide bonds. The van der Waals surface area contributed by atoms with Crippen molar-refractivity contribution in [2.24, 2.45) is 0 Å². The molecule has 1 aromatic rings. The van der Waals surface area contributed by atoms with Crippen molar-refractivity contribution in [1.82, 2.24) is 0 Å². The topological polar surface area (TPSA) is 52.2 Å². The van der Waals surface area contributed by atoms with Crippen LogP contribution in [0.3, 0.4) is 0 Å². The van der Waals surface area contributed by atoms with Gasteiger partial charge in [-0.1, -0.05) is 47.3 Å². The number of methoxy groups -OCH3 is 1. The zero-order chi connectivity index (χ0) is 14.3. The first kappa shape index (κ1) is 14.7. The van der Waals surface area contributed by atoms with E-state index in [0.717, 1.165) is 0 Å². The van der Waals surface area contributed by atoms with E-state index in [1.807, 2.05) is 41.5 Å². The highest BCUT2D eigenvalue weighted by Gasteiger charge is 2.27. The van der Waals surface area contributed by atoms with Gasteiger partial charge >= 0.3 is 0 Å². The SMILES string of the molecule is COc1cc(C(C)(C)C)c([O])c([O-])c1C(C)(C)C. The van der Waals surface area contributed by atoms with Crippen LogP contribution >= 0.6 is 0 Å². The van der Waals surface area contributed by atoms with Crippen LogP contribution in [-0.4, -0.2) is 7.11 Å². The summed E-state index contributed by atoms with van der Waals surface area (Å²) in [5, 5.41) is 24.5. The average Bonchev–Trinajstić information content (AvgIpc) is 2.17. The summed E-state index contributed by atoms with van der Waals surface area (Å²) in [5.74, 6) is -0.336. The van der Waals surface area contributed by atoms with Crippen molar-refractivity contribution in [3.05, 3.63) is 17.2 Å². The van der Waals surface area contributed by atoms with E-state index in [4.69, 9.17) is 4.74 Å². The van der Waals surface area contributed by atoms with Gasteiger partial charge in [-0.2, -0.15) is 0 Å². The second kappa shape index (κ2) is 4.38. The molecule has 3 heteroatoms. The molecule has 0 aromatic heterocycles. The van der Waals surface area contributed by atoms with E-state index in [1.165, 1.54) is 7.11 Å². The fraction of sp³-hybridized carbons (Fsp3) is 0.600. The summed E-state index contributed by atoms with van der Waals surface area (Å²) in [5.41, 5.74) is 0.207. The lowest BCUT2D eigenvalue weighted by molar-refractivity contribution is -0.272. The van der Waals surface area contributed by atoms with Gasteiger partial charge in [-0.3, -0.25) is 5.11 Å². The van der Waals surface area contributed by atoms with Crippen molar-refractivity contribution in [3.8, 4) is 17.2 Å². The standard InChI is InChI=1S/C15H23O3/c1-14(2,3)9-8-10(18-7)11(15(4,5)6)13(17)12(9)16/h8,17H,1-7H3/p-1. The fourth-order valence-electron chi connectivity index (χ4n) is 2.04. The molecular formula is C15H22O3-. The third-order valence-corrected chi connectivity index (χ3v) is 2.98. The van der Waals surface area contributed by atoms with E-state index in [1.54, 1.807) is 6.07 Å².